The van der Waals surface area contributed by atoms with Crippen molar-refractivity contribution in [3.05, 3.63) is 54.1 Å². The number of fused-ring (bicyclic) bond motifs is 3. The van der Waals surface area contributed by atoms with Crippen LogP contribution in [0.4, 0.5) is 5.69 Å². The maximum Gasteiger partial charge on any atom is 0.242 e. The van der Waals surface area contributed by atoms with Crippen LogP contribution in [-0.4, -0.2) is 54.7 Å². The van der Waals surface area contributed by atoms with Crippen LogP contribution >= 0.6 is 11.8 Å². The third kappa shape index (κ3) is 4.40. The molecule has 1 saturated heterocycles. The van der Waals surface area contributed by atoms with Gasteiger partial charge < -0.3 is 10.2 Å². The highest BCUT2D eigenvalue weighted by atomic mass is 32.2. The molecule has 0 unspecified atom stereocenters. The fourth-order valence-corrected chi connectivity index (χ4v) is 5.11. The molecule has 1 aliphatic heterocycles. The molecule has 9 heteroatoms. The zero-order valence-electron chi connectivity index (χ0n) is 19.4. The fourth-order valence-electron chi connectivity index (χ4n) is 4.37. The highest BCUT2D eigenvalue weighted by molar-refractivity contribution is 7.99. The van der Waals surface area contributed by atoms with Crippen molar-refractivity contribution in [1.29, 1.82) is 0 Å². The number of hydrogen-bond donors (Lipinski definition) is 1. The van der Waals surface area contributed by atoms with E-state index in [1.807, 2.05) is 62.4 Å². The average molecular weight is 477 g/mol. The van der Waals surface area contributed by atoms with Crippen LogP contribution in [0.15, 0.2) is 53.7 Å². The SMILES string of the molecule is CC(C)c1ccc(NC(=O)CSc2nnc3n(CC(=O)N4CCCC4)c4ccccc4n23)cc1. The van der Waals surface area contributed by atoms with E-state index in [9.17, 15) is 9.59 Å². The van der Waals surface area contributed by atoms with Gasteiger partial charge in [0.1, 0.15) is 6.54 Å². The first kappa shape index (κ1) is 22.5. The maximum atomic E-state index is 12.8. The predicted molar refractivity (Wildman–Crippen MR) is 134 cm³/mol. The van der Waals surface area contributed by atoms with Gasteiger partial charge in [-0.15, -0.1) is 10.2 Å². The van der Waals surface area contributed by atoms with Crippen LogP contribution in [0.1, 0.15) is 38.2 Å². The van der Waals surface area contributed by atoms with Crippen LogP contribution in [0.5, 0.6) is 0 Å². The molecular formula is C25H28N6O2S. The zero-order valence-corrected chi connectivity index (χ0v) is 20.2. The van der Waals surface area contributed by atoms with Gasteiger partial charge in [0.25, 0.3) is 0 Å². The van der Waals surface area contributed by atoms with Gasteiger partial charge in [0, 0.05) is 18.8 Å². The lowest BCUT2D eigenvalue weighted by Gasteiger charge is -2.15. The number of imidazole rings is 1. The molecule has 2 amide bonds. The summed E-state index contributed by atoms with van der Waals surface area (Å²) in [6, 6.07) is 15.8. The normalized spacial score (nSPS) is 13.9. The molecule has 3 heterocycles. The van der Waals surface area contributed by atoms with Crippen LogP contribution in [-0.2, 0) is 16.1 Å². The molecule has 0 spiro atoms. The van der Waals surface area contributed by atoms with E-state index in [1.165, 1.54) is 17.3 Å². The van der Waals surface area contributed by atoms with Gasteiger partial charge in [0.15, 0.2) is 5.16 Å². The molecule has 4 aromatic rings. The third-order valence-corrected chi connectivity index (χ3v) is 7.15. The summed E-state index contributed by atoms with van der Waals surface area (Å²) in [5.74, 6) is 1.26. The van der Waals surface area contributed by atoms with Gasteiger partial charge in [0.2, 0.25) is 17.6 Å². The van der Waals surface area contributed by atoms with Crippen molar-refractivity contribution < 1.29 is 9.59 Å². The van der Waals surface area contributed by atoms with Gasteiger partial charge in [-0.3, -0.25) is 18.6 Å². The van der Waals surface area contributed by atoms with Gasteiger partial charge in [-0.25, -0.2) is 0 Å². The largest absolute Gasteiger partial charge is 0.341 e. The number of carbonyl (C=O) groups excluding carboxylic acids is 2. The summed E-state index contributed by atoms with van der Waals surface area (Å²) in [6.45, 7) is 6.15. The van der Waals surface area contributed by atoms with Crippen LogP contribution in [0.3, 0.4) is 0 Å². The molecule has 0 radical (unpaired) electrons. The number of benzene rings is 2. The van der Waals surface area contributed by atoms with Crippen molar-refractivity contribution in [3.8, 4) is 0 Å². The van der Waals surface area contributed by atoms with E-state index in [0.717, 1.165) is 42.7 Å². The Kier molecular flexibility index (Phi) is 6.28. The van der Waals surface area contributed by atoms with Crippen LogP contribution in [0, 0.1) is 0 Å². The minimum Gasteiger partial charge on any atom is -0.341 e. The molecule has 176 valence electrons. The number of thioether (sulfide) groups is 1. The number of rotatable bonds is 7. The third-order valence-electron chi connectivity index (χ3n) is 6.22. The summed E-state index contributed by atoms with van der Waals surface area (Å²) in [5.41, 5.74) is 3.86. The lowest BCUT2D eigenvalue weighted by atomic mass is 10.0. The monoisotopic (exact) mass is 476 g/mol. The molecule has 0 atom stereocenters. The number of nitrogens with one attached hydrogen (secondary N) is 1. The Labute approximate surface area is 202 Å². The van der Waals surface area contributed by atoms with Gasteiger partial charge >= 0.3 is 0 Å². The van der Waals surface area contributed by atoms with E-state index >= 15 is 0 Å². The second-order valence-electron chi connectivity index (χ2n) is 8.89. The number of aromatic nitrogens is 4. The molecule has 1 N–H and O–H groups in total. The molecule has 8 nitrogen and oxygen atoms in total. The fraction of sp³-hybridized carbons (Fsp3) is 0.360. The number of para-hydroxylation sites is 2. The second kappa shape index (κ2) is 9.50. The van der Waals surface area contributed by atoms with Gasteiger partial charge in [0.05, 0.1) is 16.8 Å². The Morgan fingerprint density at radius 3 is 2.41 bits per heavy atom. The summed E-state index contributed by atoms with van der Waals surface area (Å²) < 4.78 is 3.85. The van der Waals surface area contributed by atoms with Crippen LogP contribution < -0.4 is 5.32 Å². The highest BCUT2D eigenvalue weighted by Gasteiger charge is 2.23. The first-order valence-corrected chi connectivity index (χ1v) is 12.6. The Bertz CT molecular complexity index is 1330. The smallest absolute Gasteiger partial charge is 0.242 e. The first-order chi connectivity index (χ1) is 16.5. The van der Waals surface area contributed by atoms with Gasteiger partial charge in [-0.05, 0) is 48.6 Å². The molecule has 0 saturated carbocycles. The highest BCUT2D eigenvalue weighted by Crippen LogP contribution is 2.26. The van der Waals surface area contributed by atoms with E-state index in [4.69, 9.17) is 0 Å². The molecule has 1 aliphatic rings. The molecular weight excluding hydrogens is 448 g/mol. The number of anilines is 1. The quantitative estimate of drug-likeness (QED) is 0.405. The summed E-state index contributed by atoms with van der Waals surface area (Å²) in [6.07, 6.45) is 2.12. The molecule has 0 aliphatic carbocycles. The minimum atomic E-state index is -0.105. The van der Waals surface area contributed by atoms with Crippen LogP contribution in [0.2, 0.25) is 0 Å². The zero-order chi connectivity index (χ0) is 23.7. The molecule has 34 heavy (non-hydrogen) atoms. The Morgan fingerprint density at radius 1 is 1.00 bits per heavy atom. The second-order valence-corrected chi connectivity index (χ2v) is 9.84. The van der Waals surface area contributed by atoms with Crippen molar-refractivity contribution in [2.45, 2.75) is 44.3 Å². The lowest BCUT2D eigenvalue weighted by Crippen LogP contribution is -2.31. The Morgan fingerprint density at radius 2 is 1.71 bits per heavy atom. The van der Waals surface area contributed by atoms with E-state index in [1.54, 1.807) is 0 Å². The van der Waals surface area contributed by atoms with Gasteiger partial charge in [-0.1, -0.05) is 49.9 Å². The number of likely N-dealkylation sites (tertiary alicyclic amines) is 1. The minimum absolute atomic E-state index is 0.0980. The summed E-state index contributed by atoms with van der Waals surface area (Å²) in [7, 11) is 0. The number of hydrogen-bond acceptors (Lipinski definition) is 5. The number of carbonyl (C=O) groups is 2. The standard InChI is InChI=1S/C25H28N6O2S/c1-17(2)18-9-11-19(12-10-18)26-22(32)16-34-25-28-27-24-30(15-23(33)29-13-5-6-14-29)20-7-3-4-8-21(20)31(24)25/h3-4,7-12,17H,5-6,13-16H2,1-2H3,(H,26,32). The molecule has 5 rings (SSSR count). The topological polar surface area (TPSA) is 84.5 Å². The molecule has 1 fully saturated rings. The molecule has 0 bridgehead atoms. The van der Waals surface area contributed by atoms with Crippen molar-refractivity contribution >= 4 is 46.1 Å². The average Bonchev–Trinajstić information content (AvgIpc) is 3.57. The van der Waals surface area contributed by atoms with Crippen LogP contribution in [0.25, 0.3) is 16.8 Å². The van der Waals surface area contributed by atoms with Crippen molar-refractivity contribution in [1.82, 2.24) is 24.1 Å². The number of nitrogens with zero attached hydrogens (tertiary/aromatic N) is 5. The van der Waals surface area contributed by atoms with Crippen molar-refractivity contribution in [2.75, 3.05) is 24.2 Å². The van der Waals surface area contributed by atoms with E-state index in [0.29, 0.717) is 16.9 Å². The van der Waals surface area contributed by atoms with E-state index in [2.05, 4.69) is 29.4 Å². The lowest BCUT2D eigenvalue weighted by molar-refractivity contribution is -0.130. The van der Waals surface area contributed by atoms with Gasteiger partial charge in [-0.2, -0.15) is 0 Å². The first-order valence-electron chi connectivity index (χ1n) is 11.6. The predicted octanol–water partition coefficient (Wildman–Crippen LogP) is 4.16. The van der Waals surface area contributed by atoms with Crippen molar-refractivity contribution in [3.63, 3.8) is 0 Å². The van der Waals surface area contributed by atoms with E-state index in [-0.39, 0.29) is 24.1 Å². The van der Waals surface area contributed by atoms with Crippen molar-refractivity contribution in [2.24, 2.45) is 0 Å². The summed E-state index contributed by atoms with van der Waals surface area (Å²) >= 11 is 1.33. The molecule has 2 aromatic carbocycles. The Balaban J connectivity index is 1.34. The number of amides is 2. The summed E-state index contributed by atoms with van der Waals surface area (Å²) in [4.78, 5) is 27.3. The Hall–Kier alpha value is -3.33. The molecule has 2 aromatic heterocycles. The van der Waals surface area contributed by atoms with E-state index < -0.39 is 0 Å². The maximum absolute atomic E-state index is 12.8. The summed E-state index contributed by atoms with van der Waals surface area (Å²) in [5, 5.41) is 12.3.